The number of hydrogen-bond acceptors (Lipinski definition) is 5. The third-order valence-electron chi connectivity index (χ3n) is 5.19. The number of aromatic nitrogens is 1. The molecule has 1 aliphatic carbocycles. The number of hydrogen-bond donors (Lipinski definition) is 1. The second-order valence-corrected chi connectivity index (χ2v) is 8.58. The van der Waals surface area contributed by atoms with Gasteiger partial charge in [-0.05, 0) is 60.5 Å². The van der Waals surface area contributed by atoms with E-state index in [1.54, 1.807) is 41.4 Å². The number of pyridine rings is 1. The second kappa shape index (κ2) is 9.02. The molecule has 0 unspecified atom stereocenters. The van der Waals surface area contributed by atoms with E-state index in [-0.39, 0.29) is 17.5 Å². The van der Waals surface area contributed by atoms with E-state index in [2.05, 4.69) is 9.98 Å². The molecule has 0 spiro atoms. The summed E-state index contributed by atoms with van der Waals surface area (Å²) in [5.74, 6) is -1.06. The number of benzene rings is 1. The van der Waals surface area contributed by atoms with Crippen LogP contribution in [0.2, 0.25) is 5.15 Å². The monoisotopic (exact) mass is 441 g/mol. The summed E-state index contributed by atoms with van der Waals surface area (Å²) >= 11 is 7.50. The van der Waals surface area contributed by atoms with Gasteiger partial charge in [-0.15, -0.1) is 0 Å². The number of aliphatic imine (C=N–C) groups is 1. The third-order valence-corrected chi connectivity index (χ3v) is 6.46. The molecule has 0 atom stereocenters. The van der Waals surface area contributed by atoms with Crippen LogP contribution in [0.3, 0.4) is 0 Å². The molecule has 0 radical (unpaired) electrons. The van der Waals surface area contributed by atoms with E-state index in [0.717, 1.165) is 31.2 Å². The van der Waals surface area contributed by atoms with Gasteiger partial charge in [0.25, 0.3) is 5.91 Å². The quantitative estimate of drug-likeness (QED) is 0.509. The van der Waals surface area contributed by atoms with Crippen molar-refractivity contribution in [2.45, 2.75) is 38.1 Å². The Morgan fingerprint density at radius 1 is 1.20 bits per heavy atom. The summed E-state index contributed by atoms with van der Waals surface area (Å²) in [6.07, 6.45) is 8.65. The van der Waals surface area contributed by atoms with E-state index >= 15 is 0 Å². The van der Waals surface area contributed by atoms with Crippen LogP contribution in [0.5, 0.6) is 0 Å². The average molecular weight is 442 g/mol. The second-order valence-electron chi connectivity index (χ2n) is 7.21. The summed E-state index contributed by atoms with van der Waals surface area (Å²) in [5, 5.41) is 9.97. The Hall–Kier alpha value is -2.64. The molecule has 1 aliphatic heterocycles. The lowest BCUT2D eigenvalue weighted by atomic mass is 9.94. The molecule has 2 aromatic rings. The first-order valence-electron chi connectivity index (χ1n) is 9.78. The zero-order valence-electron chi connectivity index (χ0n) is 16.1. The van der Waals surface area contributed by atoms with E-state index < -0.39 is 5.97 Å². The molecule has 1 saturated carbocycles. The fraction of sp³-hybridized carbons (Fsp3) is 0.273. The SMILES string of the molecule is O=C(O)c1ccc(/C=C2\SC(=Nc3cccnc3Cl)N(C3CCCCC3)C2=O)cc1. The van der Waals surface area contributed by atoms with Gasteiger partial charge in [0.05, 0.1) is 10.5 Å². The molecule has 154 valence electrons. The first kappa shape index (κ1) is 20.6. The minimum absolute atomic E-state index is 0.0760. The smallest absolute Gasteiger partial charge is 0.335 e. The molecule has 1 amide bonds. The molecule has 1 aromatic carbocycles. The fourth-order valence-electron chi connectivity index (χ4n) is 3.66. The third kappa shape index (κ3) is 4.42. The lowest BCUT2D eigenvalue weighted by Gasteiger charge is -2.30. The molecule has 2 aliphatic rings. The van der Waals surface area contributed by atoms with E-state index in [1.165, 1.54) is 30.3 Å². The van der Waals surface area contributed by atoms with Crippen molar-refractivity contribution in [1.29, 1.82) is 0 Å². The summed E-state index contributed by atoms with van der Waals surface area (Å²) in [6.45, 7) is 0. The lowest BCUT2D eigenvalue weighted by molar-refractivity contribution is -0.124. The number of thioether (sulfide) groups is 1. The van der Waals surface area contributed by atoms with E-state index in [0.29, 0.717) is 20.9 Å². The molecule has 1 aromatic heterocycles. The number of nitrogens with zero attached hydrogens (tertiary/aromatic N) is 3. The van der Waals surface area contributed by atoms with E-state index in [9.17, 15) is 9.59 Å². The van der Waals surface area contributed by atoms with Crippen LogP contribution in [0.15, 0.2) is 52.5 Å². The molecule has 8 heteroatoms. The number of aromatic carboxylic acids is 1. The number of carbonyl (C=O) groups excluding carboxylic acids is 1. The Balaban J connectivity index is 1.69. The van der Waals surface area contributed by atoms with Crippen LogP contribution in [-0.2, 0) is 4.79 Å². The van der Waals surface area contributed by atoms with Crippen molar-refractivity contribution in [3.8, 4) is 0 Å². The molecule has 2 heterocycles. The van der Waals surface area contributed by atoms with Crippen molar-refractivity contribution in [1.82, 2.24) is 9.88 Å². The Kier molecular flexibility index (Phi) is 6.20. The highest BCUT2D eigenvalue weighted by molar-refractivity contribution is 8.18. The van der Waals surface area contributed by atoms with Crippen LogP contribution in [-0.4, -0.2) is 38.1 Å². The van der Waals surface area contributed by atoms with Crippen molar-refractivity contribution in [3.63, 3.8) is 0 Å². The van der Waals surface area contributed by atoms with Gasteiger partial charge in [-0.25, -0.2) is 14.8 Å². The van der Waals surface area contributed by atoms with Gasteiger partial charge >= 0.3 is 5.97 Å². The van der Waals surface area contributed by atoms with Crippen LogP contribution in [0.4, 0.5) is 5.69 Å². The topological polar surface area (TPSA) is 82.9 Å². The van der Waals surface area contributed by atoms with Gasteiger partial charge in [-0.1, -0.05) is 43.0 Å². The predicted octanol–water partition coefficient (Wildman–Crippen LogP) is 5.37. The van der Waals surface area contributed by atoms with Gasteiger partial charge in [-0.2, -0.15) is 0 Å². The zero-order valence-corrected chi connectivity index (χ0v) is 17.7. The first-order valence-corrected chi connectivity index (χ1v) is 11.0. The molecular weight excluding hydrogens is 422 g/mol. The average Bonchev–Trinajstić information content (AvgIpc) is 3.05. The minimum atomic E-state index is -0.980. The summed E-state index contributed by atoms with van der Waals surface area (Å²) in [5.41, 5.74) is 1.50. The highest BCUT2D eigenvalue weighted by Gasteiger charge is 2.38. The number of carboxylic acid groups (broad SMARTS) is 1. The van der Waals surface area contributed by atoms with Crippen molar-refractivity contribution < 1.29 is 14.7 Å². The number of amidine groups is 1. The highest BCUT2D eigenvalue weighted by Crippen LogP contribution is 2.39. The Morgan fingerprint density at radius 3 is 2.60 bits per heavy atom. The van der Waals surface area contributed by atoms with Crippen molar-refractivity contribution in [3.05, 3.63) is 63.8 Å². The summed E-state index contributed by atoms with van der Waals surface area (Å²) in [6, 6.07) is 10.1. The molecule has 30 heavy (non-hydrogen) atoms. The van der Waals surface area contributed by atoms with Gasteiger partial charge in [0.1, 0.15) is 5.69 Å². The number of carbonyl (C=O) groups is 2. The number of halogens is 1. The molecular formula is C22H20ClN3O3S. The molecule has 0 bridgehead atoms. The van der Waals surface area contributed by atoms with E-state index in [1.807, 2.05) is 0 Å². The van der Waals surface area contributed by atoms with Gasteiger partial charge in [0.15, 0.2) is 10.3 Å². The standard InChI is InChI=1S/C22H20ClN3O3S/c23-19-17(7-4-12-24-19)25-22-26(16-5-2-1-3-6-16)20(27)18(30-22)13-14-8-10-15(11-9-14)21(28)29/h4,7-13,16H,1-3,5-6H2,(H,28,29)/b18-13-,25-22?. The maximum absolute atomic E-state index is 13.3. The molecule has 2 fully saturated rings. The normalized spacial score (nSPS) is 20.3. The fourth-order valence-corrected chi connectivity index (χ4v) is 4.88. The highest BCUT2D eigenvalue weighted by atomic mass is 35.5. The molecule has 6 nitrogen and oxygen atoms in total. The number of amides is 1. The van der Waals surface area contributed by atoms with Crippen molar-refractivity contribution >= 4 is 52.2 Å². The first-order chi connectivity index (χ1) is 14.5. The summed E-state index contributed by atoms with van der Waals surface area (Å²) in [7, 11) is 0. The summed E-state index contributed by atoms with van der Waals surface area (Å²) < 4.78 is 0. The van der Waals surface area contributed by atoms with Crippen molar-refractivity contribution in [2.75, 3.05) is 0 Å². The van der Waals surface area contributed by atoms with Crippen LogP contribution in [0, 0.1) is 0 Å². The molecule has 4 rings (SSSR count). The van der Waals surface area contributed by atoms with Gasteiger partial charge < -0.3 is 5.11 Å². The van der Waals surface area contributed by atoms with Crippen LogP contribution in [0.25, 0.3) is 6.08 Å². The van der Waals surface area contributed by atoms with Crippen molar-refractivity contribution in [2.24, 2.45) is 4.99 Å². The molecule has 1 N–H and O–H groups in total. The van der Waals surface area contributed by atoms with Crippen LogP contribution >= 0.6 is 23.4 Å². The predicted molar refractivity (Wildman–Crippen MR) is 119 cm³/mol. The van der Waals surface area contributed by atoms with Gasteiger partial charge in [0.2, 0.25) is 0 Å². The largest absolute Gasteiger partial charge is 0.478 e. The lowest BCUT2D eigenvalue weighted by Crippen LogP contribution is -2.40. The summed E-state index contributed by atoms with van der Waals surface area (Å²) in [4.78, 5) is 35.4. The zero-order chi connectivity index (χ0) is 21.1. The van der Waals surface area contributed by atoms with Gasteiger partial charge in [-0.3, -0.25) is 9.69 Å². The Labute approximate surface area is 183 Å². The van der Waals surface area contributed by atoms with E-state index in [4.69, 9.17) is 16.7 Å². The maximum atomic E-state index is 13.3. The minimum Gasteiger partial charge on any atom is -0.478 e. The molecule has 1 saturated heterocycles. The Bertz CT molecular complexity index is 1030. The number of rotatable bonds is 4. The van der Waals surface area contributed by atoms with Gasteiger partial charge in [0, 0.05) is 12.2 Å². The van der Waals surface area contributed by atoms with Crippen LogP contribution in [0.1, 0.15) is 48.0 Å². The number of carboxylic acids is 1. The maximum Gasteiger partial charge on any atom is 0.335 e. The van der Waals surface area contributed by atoms with Crippen LogP contribution < -0.4 is 0 Å². The Morgan fingerprint density at radius 2 is 1.93 bits per heavy atom.